The van der Waals surface area contributed by atoms with Crippen LogP contribution in [0.4, 0.5) is 54.1 Å². The van der Waals surface area contributed by atoms with Crippen molar-refractivity contribution in [3.05, 3.63) is 53.2 Å². The predicted octanol–water partition coefficient (Wildman–Crippen LogP) is 8.19. The maximum Gasteiger partial charge on any atom is 0.435 e. The van der Waals surface area contributed by atoms with Gasteiger partial charge in [-0.25, -0.2) is 13.8 Å². The van der Waals surface area contributed by atoms with Crippen LogP contribution in [0.2, 0.25) is 0 Å². The number of aryl methyl sites for hydroxylation is 1. The summed E-state index contributed by atoms with van der Waals surface area (Å²) in [7, 11) is 0. The number of piperazine rings is 1. The van der Waals surface area contributed by atoms with E-state index in [9.17, 15) is 43.9 Å². The number of fused-ring (bicyclic) bond motifs is 3. The van der Waals surface area contributed by atoms with E-state index in [2.05, 4.69) is 31.3 Å². The molecule has 0 aliphatic carbocycles. The van der Waals surface area contributed by atoms with E-state index in [-0.39, 0.29) is 51.4 Å². The molecule has 3 aliphatic rings. The molecule has 3 aliphatic heterocycles. The summed E-state index contributed by atoms with van der Waals surface area (Å²) < 4.78 is 165. The van der Waals surface area contributed by atoms with Crippen molar-refractivity contribution in [1.82, 2.24) is 25.6 Å². The highest BCUT2D eigenvalue weighted by Gasteiger charge is 2.86. The van der Waals surface area contributed by atoms with Gasteiger partial charge in [0, 0.05) is 43.2 Å². The number of anilines is 1. The molecule has 0 radical (unpaired) electrons. The molecule has 0 spiro atoms. The molecule has 0 bridgehead atoms. The van der Waals surface area contributed by atoms with Gasteiger partial charge in [-0.2, -0.15) is 49.5 Å². The summed E-state index contributed by atoms with van der Waals surface area (Å²) in [6, 6.07) is 6.97. The summed E-state index contributed by atoms with van der Waals surface area (Å²) in [5, 5.41) is 7.01. The smallest absolute Gasteiger partial charge is 0.435 e. The first-order chi connectivity index (χ1) is 26.8. The average molecular weight is 819 g/mol. The normalized spacial score (nSPS) is 21.5. The number of aromatic nitrogens is 3. The molecule has 0 saturated carbocycles. The van der Waals surface area contributed by atoms with Crippen LogP contribution in [0.25, 0.3) is 32.9 Å². The number of nitrogens with zero attached hydrogens (tertiary/aromatic N) is 4. The maximum absolute atomic E-state index is 17.0. The molecule has 308 valence electrons. The summed E-state index contributed by atoms with van der Waals surface area (Å²) in [5.74, 6) is 0.963. The number of halogens is 11. The quantitative estimate of drug-likeness (QED) is 0.143. The standard InChI is InChI=1S/C36H31F11N6O2.C2H6/c1-3-21-23(37)10-8-18-6-5-7-22(25(18)21)28-27(38)29-26-24(50-28)11-9-19-15-48-12-13-53(19)30(26)52-31(51-29)54-17-32(4-2)14-20(16-49-32)55-33(34(39,40)41,35(42,43)44)36(45,46)47;1-2/h1,5-8,10,19-20,48-49H,4,9,11-17H2,2H3;1-2H3/t19?,20-,32-;/m1./s1. The molecule has 4 aromatic rings. The number of hydrogen-bond acceptors (Lipinski definition) is 8. The Morgan fingerprint density at radius 2 is 1.63 bits per heavy atom. The molecule has 5 heterocycles. The van der Waals surface area contributed by atoms with Gasteiger partial charge in [0.25, 0.3) is 0 Å². The van der Waals surface area contributed by atoms with Gasteiger partial charge in [0.15, 0.2) is 5.82 Å². The first kappa shape index (κ1) is 42.1. The topological polar surface area (TPSA) is 84.4 Å². The van der Waals surface area contributed by atoms with Gasteiger partial charge in [0.1, 0.15) is 29.5 Å². The Balaban J connectivity index is 0.00000270. The minimum absolute atomic E-state index is 0.0497. The van der Waals surface area contributed by atoms with Crippen LogP contribution in [0, 0.1) is 24.0 Å². The lowest BCUT2D eigenvalue weighted by molar-refractivity contribution is -0.463. The number of pyridine rings is 1. The molecule has 0 amide bonds. The van der Waals surface area contributed by atoms with Crippen LogP contribution in [-0.4, -0.2) is 89.6 Å². The highest BCUT2D eigenvalue weighted by molar-refractivity contribution is 6.02. The minimum Gasteiger partial charge on any atom is -0.461 e. The van der Waals surface area contributed by atoms with E-state index in [0.717, 1.165) is 0 Å². The molecule has 7 rings (SSSR count). The SMILES string of the molecule is C#Cc1c(F)ccc2cccc(-c3nc4c5c(nc(OC[C@@]6(CC)C[C@@H](OC(C(F)(F)F)(C(F)(F)F)C(F)(F)F)CN6)nc5c3F)N3CCNCC3CC4)c12.CC. The Labute approximate surface area is 319 Å². The molecule has 19 heteroatoms. The summed E-state index contributed by atoms with van der Waals surface area (Å²) in [4.78, 5) is 15.6. The zero-order chi connectivity index (χ0) is 41.7. The maximum atomic E-state index is 17.0. The Morgan fingerprint density at radius 1 is 0.930 bits per heavy atom. The fourth-order valence-corrected chi connectivity index (χ4v) is 7.74. The minimum atomic E-state index is -6.89. The lowest BCUT2D eigenvalue weighted by Crippen LogP contribution is -2.68. The lowest BCUT2D eigenvalue weighted by Gasteiger charge is -2.39. The van der Waals surface area contributed by atoms with Crippen molar-refractivity contribution >= 4 is 27.5 Å². The third-order valence-electron chi connectivity index (χ3n) is 10.6. The van der Waals surface area contributed by atoms with Gasteiger partial charge in [-0.15, -0.1) is 6.42 Å². The fraction of sp³-hybridized carbons (Fsp3) is 0.500. The molecule has 57 heavy (non-hydrogen) atoms. The first-order valence-corrected chi connectivity index (χ1v) is 18.2. The van der Waals surface area contributed by atoms with Crippen LogP contribution in [0.3, 0.4) is 0 Å². The lowest BCUT2D eigenvalue weighted by atomic mass is 9.94. The van der Waals surface area contributed by atoms with Crippen molar-refractivity contribution < 1.29 is 57.8 Å². The Hall–Kier alpha value is -4.54. The second-order valence-corrected chi connectivity index (χ2v) is 13.8. The number of benzene rings is 2. The zero-order valence-corrected chi connectivity index (χ0v) is 30.7. The molecule has 2 saturated heterocycles. The molecule has 2 aromatic carbocycles. The summed E-state index contributed by atoms with van der Waals surface area (Å²) in [5.41, 5.74) is -7.85. The van der Waals surface area contributed by atoms with Crippen molar-refractivity contribution in [1.29, 1.82) is 0 Å². The largest absolute Gasteiger partial charge is 0.461 e. The highest BCUT2D eigenvalue weighted by Crippen LogP contribution is 2.56. The van der Waals surface area contributed by atoms with Gasteiger partial charge in [-0.05, 0) is 37.1 Å². The van der Waals surface area contributed by atoms with Crippen molar-refractivity contribution in [2.45, 2.75) is 88.3 Å². The van der Waals surface area contributed by atoms with E-state index in [1.54, 1.807) is 12.1 Å². The monoisotopic (exact) mass is 818 g/mol. The van der Waals surface area contributed by atoms with Crippen LogP contribution in [0.15, 0.2) is 30.3 Å². The van der Waals surface area contributed by atoms with E-state index in [4.69, 9.17) is 16.1 Å². The third-order valence-corrected chi connectivity index (χ3v) is 10.6. The number of hydrogen-bond donors (Lipinski definition) is 2. The first-order valence-electron chi connectivity index (χ1n) is 18.2. The molecular weight excluding hydrogens is 781 g/mol. The van der Waals surface area contributed by atoms with Crippen LogP contribution in [-0.2, 0) is 11.2 Å². The number of terminal acetylenes is 1. The van der Waals surface area contributed by atoms with Crippen LogP contribution < -0.4 is 20.3 Å². The van der Waals surface area contributed by atoms with Gasteiger partial charge in [-0.1, -0.05) is 51.0 Å². The number of ether oxygens (including phenoxy) is 2. The Bertz CT molecular complexity index is 2150. The highest BCUT2D eigenvalue weighted by atomic mass is 19.4. The molecule has 3 atom stereocenters. The van der Waals surface area contributed by atoms with Gasteiger partial charge >= 0.3 is 30.1 Å². The molecular formula is C38H37F11N6O2. The second-order valence-electron chi connectivity index (χ2n) is 13.8. The summed E-state index contributed by atoms with van der Waals surface area (Å²) in [6.07, 6.45) is -17.1. The Morgan fingerprint density at radius 3 is 2.28 bits per heavy atom. The van der Waals surface area contributed by atoms with E-state index in [1.165, 1.54) is 25.1 Å². The van der Waals surface area contributed by atoms with Gasteiger partial charge in [0.05, 0.1) is 28.3 Å². The van der Waals surface area contributed by atoms with Crippen LogP contribution >= 0.6 is 0 Å². The summed E-state index contributed by atoms with van der Waals surface area (Å²) in [6.45, 7) is 5.63. The molecule has 1 unspecified atom stereocenters. The summed E-state index contributed by atoms with van der Waals surface area (Å²) >= 11 is 0. The fourth-order valence-electron chi connectivity index (χ4n) is 7.74. The molecule has 2 fully saturated rings. The van der Waals surface area contributed by atoms with E-state index in [1.807, 2.05) is 18.7 Å². The van der Waals surface area contributed by atoms with Crippen LogP contribution in [0.1, 0.15) is 51.3 Å². The van der Waals surface area contributed by atoms with Crippen molar-refractivity contribution in [3.8, 4) is 29.6 Å². The predicted molar refractivity (Wildman–Crippen MR) is 189 cm³/mol. The average Bonchev–Trinajstić information content (AvgIpc) is 3.50. The van der Waals surface area contributed by atoms with Crippen LogP contribution in [0.5, 0.6) is 6.01 Å². The van der Waals surface area contributed by atoms with Crippen molar-refractivity contribution in [2.75, 3.05) is 37.7 Å². The van der Waals surface area contributed by atoms with E-state index in [0.29, 0.717) is 43.6 Å². The van der Waals surface area contributed by atoms with Crippen molar-refractivity contribution in [3.63, 3.8) is 0 Å². The van der Waals surface area contributed by atoms with E-state index >= 15 is 4.39 Å². The molecule has 8 nitrogen and oxygen atoms in total. The van der Waals surface area contributed by atoms with E-state index < -0.39 is 73.0 Å². The van der Waals surface area contributed by atoms with Gasteiger partial charge in [-0.3, -0.25) is 0 Å². The number of rotatable bonds is 7. The molecule has 2 N–H and O–H groups in total. The zero-order valence-electron chi connectivity index (χ0n) is 30.7. The second kappa shape index (κ2) is 15.3. The number of nitrogens with one attached hydrogen (secondary N) is 2. The van der Waals surface area contributed by atoms with Gasteiger partial charge in [0.2, 0.25) is 0 Å². The third kappa shape index (κ3) is 7.17. The molecule has 2 aromatic heterocycles. The van der Waals surface area contributed by atoms with Crippen molar-refractivity contribution in [2.24, 2.45) is 0 Å². The number of alkyl halides is 9. The Kier molecular flexibility index (Phi) is 11.3. The van der Waals surface area contributed by atoms with Gasteiger partial charge < -0.3 is 25.0 Å².